The third-order valence-electron chi connectivity index (χ3n) is 6.95. The maximum absolute atomic E-state index is 13.3. The van der Waals surface area contributed by atoms with Crippen LogP contribution in [0.1, 0.15) is 63.4 Å². The van der Waals surface area contributed by atoms with Crippen molar-refractivity contribution in [2.24, 2.45) is 0 Å². The highest BCUT2D eigenvalue weighted by atomic mass is 16.3. The van der Waals surface area contributed by atoms with Gasteiger partial charge in [-0.05, 0) is 56.0 Å². The first-order valence-electron chi connectivity index (χ1n) is 12.3. The van der Waals surface area contributed by atoms with Gasteiger partial charge in [0.15, 0.2) is 5.65 Å². The normalized spacial score (nSPS) is 17.2. The zero-order valence-corrected chi connectivity index (χ0v) is 20.9. The number of anilines is 2. The van der Waals surface area contributed by atoms with E-state index in [1.807, 2.05) is 6.07 Å². The molecule has 0 unspecified atom stereocenters. The van der Waals surface area contributed by atoms with Crippen molar-refractivity contribution in [3.05, 3.63) is 63.8 Å². The summed E-state index contributed by atoms with van der Waals surface area (Å²) in [6, 6.07) is 8.05. The van der Waals surface area contributed by atoms with Crippen LogP contribution >= 0.6 is 0 Å². The average molecular weight is 487 g/mol. The molecule has 0 bridgehead atoms. The van der Waals surface area contributed by atoms with Gasteiger partial charge in [-0.3, -0.25) is 4.79 Å². The fraction of sp³-hybridized carbons (Fsp3) is 0.423. The second-order valence-electron chi connectivity index (χ2n) is 10.9. The number of nitrogens with zero attached hydrogens (tertiary/aromatic N) is 6. The minimum atomic E-state index is -1.15. The van der Waals surface area contributed by atoms with Gasteiger partial charge in [0.05, 0.1) is 11.7 Å². The summed E-state index contributed by atoms with van der Waals surface area (Å²) in [5.74, 6) is 0.672. The van der Waals surface area contributed by atoms with Crippen molar-refractivity contribution in [2.75, 3.05) is 11.9 Å². The standard InChI is InChI=1S/C26H30N8O2/c1-25(2)14-27-12-15-11-16(5-8-19(15)25)30-23-29-13-18-21(32-23)34(33(22(18)35)17-6-7-17)24-28-10-9-20(31-24)26(3,4)36/h5,8-11,13,17,27,36H,6-7,12,14H2,1-4H3,(H,29,30,32). The minimum Gasteiger partial charge on any atom is -0.384 e. The zero-order valence-electron chi connectivity index (χ0n) is 20.9. The first kappa shape index (κ1) is 22.8. The molecule has 3 aromatic heterocycles. The lowest BCUT2D eigenvalue weighted by Gasteiger charge is -2.33. The summed E-state index contributed by atoms with van der Waals surface area (Å²) >= 11 is 0. The number of aliphatic hydroxyl groups is 1. The molecule has 1 saturated carbocycles. The molecule has 4 heterocycles. The summed E-state index contributed by atoms with van der Waals surface area (Å²) in [5.41, 5.74) is 3.10. The molecule has 0 atom stereocenters. The molecular weight excluding hydrogens is 456 g/mol. The van der Waals surface area contributed by atoms with E-state index in [2.05, 4.69) is 51.6 Å². The summed E-state index contributed by atoms with van der Waals surface area (Å²) in [6.07, 6.45) is 4.95. The number of benzene rings is 1. The highest BCUT2D eigenvalue weighted by molar-refractivity contribution is 5.77. The van der Waals surface area contributed by atoms with Crippen molar-refractivity contribution in [2.45, 2.75) is 64.1 Å². The van der Waals surface area contributed by atoms with Crippen LogP contribution in [0.2, 0.25) is 0 Å². The van der Waals surface area contributed by atoms with Gasteiger partial charge in [0.2, 0.25) is 5.95 Å². The van der Waals surface area contributed by atoms with E-state index in [-0.39, 0.29) is 17.0 Å². The van der Waals surface area contributed by atoms with Crippen LogP contribution in [0.4, 0.5) is 11.6 Å². The third kappa shape index (κ3) is 3.86. The van der Waals surface area contributed by atoms with Crippen LogP contribution in [-0.2, 0) is 17.6 Å². The van der Waals surface area contributed by atoms with Crippen LogP contribution in [0.25, 0.3) is 17.0 Å². The van der Waals surface area contributed by atoms with Crippen LogP contribution in [0.5, 0.6) is 0 Å². The van der Waals surface area contributed by atoms with Gasteiger partial charge in [0.25, 0.3) is 11.5 Å². The lowest BCUT2D eigenvalue weighted by atomic mass is 9.79. The molecule has 4 aromatic rings. The van der Waals surface area contributed by atoms with E-state index in [9.17, 15) is 9.90 Å². The Kier molecular flexibility index (Phi) is 5.03. The van der Waals surface area contributed by atoms with E-state index in [1.54, 1.807) is 41.7 Å². The number of aromatic nitrogens is 6. The van der Waals surface area contributed by atoms with Crippen LogP contribution < -0.4 is 16.2 Å². The fourth-order valence-electron chi connectivity index (χ4n) is 4.90. The molecule has 2 aliphatic rings. The molecule has 1 aliphatic carbocycles. The van der Waals surface area contributed by atoms with Crippen LogP contribution in [-0.4, -0.2) is 41.0 Å². The Balaban J connectivity index is 1.45. The maximum Gasteiger partial charge on any atom is 0.278 e. The summed E-state index contributed by atoms with van der Waals surface area (Å²) in [5, 5.41) is 17.7. The smallest absolute Gasteiger partial charge is 0.278 e. The van der Waals surface area contributed by atoms with Crippen molar-refractivity contribution in [3.8, 4) is 5.95 Å². The quantitative estimate of drug-likeness (QED) is 0.393. The fourth-order valence-corrected chi connectivity index (χ4v) is 4.90. The van der Waals surface area contributed by atoms with Crippen molar-refractivity contribution in [3.63, 3.8) is 0 Å². The average Bonchev–Trinajstić information content (AvgIpc) is 3.62. The summed E-state index contributed by atoms with van der Waals surface area (Å²) < 4.78 is 3.33. The molecule has 36 heavy (non-hydrogen) atoms. The number of nitrogens with one attached hydrogen (secondary N) is 2. The summed E-state index contributed by atoms with van der Waals surface area (Å²) in [4.78, 5) is 31.5. The zero-order chi connectivity index (χ0) is 25.2. The maximum atomic E-state index is 13.3. The predicted molar refractivity (Wildman–Crippen MR) is 137 cm³/mol. The van der Waals surface area contributed by atoms with Gasteiger partial charge in [-0.2, -0.15) is 9.67 Å². The van der Waals surface area contributed by atoms with Crippen LogP contribution in [0, 0.1) is 0 Å². The number of hydrogen-bond donors (Lipinski definition) is 3. The molecular formula is C26H30N8O2. The van der Waals surface area contributed by atoms with Gasteiger partial charge < -0.3 is 15.7 Å². The number of fused-ring (bicyclic) bond motifs is 2. The highest BCUT2D eigenvalue weighted by Gasteiger charge is 2.32. The molecule has 0 spiro atoms. The van der Waals surface area contributed by atoms with E-state index < -0.39 is 5.60 Å². The van der Waals surface area contributed by atoms with E-state index in [0.717, 1.165) is 31.6 Å². The largest absolute Gasteiger partial charge is 0.384 e. The van der Waals surface area contributed by atoms with E-state index >= 15 is 0 Å². The monoisotopic (exact) mass is 486 g/mol. The summed E-state index contributed by atoms with van der Waals surface area (Å²) in [6.45, 7) is 9.56. The van der Waals surface area contributed by atoms with Crippen molar-refractivity contribution in [1.82, 2.24) is 34.6 Å². The molecule has 0 radical (unpaired) electrons. The first-order valence-corrected chi connectivity index (χ1v) is 12.3. The molecule has 0 amide bonds. The van der Waals surface area contributed by atoms with Gasteiger partial charge >= 0.3 is 0 Å². The SMILES string of the molecule is CC(C)(O)c1ccnc(-n2c3nc(Nc4ccc5c(c4)CNCC5(C)C)ncc3c(=O)n2C2CC2)n1. The Bertz CT molecular complexity index is 1540. The molecule has 3 N–H and O–H groups in total. The molecule has 6 rings (SSSR count). The highest BCUT2D eigenvalue weighted by Crippen LogP contribution is 2.36. The van der Waals surface area contributed by atoms with Crippen LogP contribution in [0.3, 0.4) is 0 Å². The number of rotatable bonds is 5. The molecule has 0 saturated heterocycles. The Hall–Kier alpha value is -3.63. The van der Waals surface area contributed by atoms with E-state index in [4.69, 9.17) is 4.98 Å². The molecule has 1 aromatic carbocycles. The van der Waals surface area contributed by atoms with Crippen LogP contribution in [0.15, 0.2) is 41.5 Å². The van der Waals surface area contributed by atoms with Crippen molar-refractivity contribution in [1.29, 1.82) is 0 Å². The summed E-state index contributed by atoms with van der Waals surface area (Å²) in [7, 11) is 0. The van der Waals surface area contributed by atoms with Gasteiger partial charge in [-0.15, -0.1) is 0 Å². The topological polar surface area (TPSA) is 123 Å². The predicted octanol–water partition coefficient (Wildman–Crippen LogP) is 3.06. The Labute approximate surface area is 208 Å². The van der Waals surface area contributed by atoms with E-state index in [0.29, 0.717) is 28.6 Å². The van der Waals surface area contributed by atoms with Crippen molar-refractivity contribution >= 4 is 22.7 Å². The Morgan fingerprint density at radius 3 is 2.72 bits per heavy atom. The van der Waals surface area contributed by atoms with E-state index in [1.165, 1.54) is 11.1 Å². The molecule has 10 nitrogen and oxygen atoms in total. The second-order valence-corrected chi connectivity index (χ2v) is 10.9. The number of hydrogen-bond acceptors (Lipinski definition) is 8. The van der Waals surface area contributed by atoms with Gasteiger partial charge in [-0.1, -0.05) is 19.9 Å². The molecule has 10 heteroatoms. The minimum absolute atomic E-state index is 0.0639. The third-order valence-corrected chi connectivity index (χ3v) is 6.95. The Morgan fingerprint density at radius 1 is 1.17 bits per heavy atom. The molecule has 1 aliphatic heterocycles. The Morgan fingerprint density at radius 2 is 1.97 bits per heavy atom. The van der Waals surface area contributed by atoms with Gasteiger partial charge in [0, 0.05) is 36.6 Å². The van der Waals surface area contributed by atoms with Gasteiger partial charge in [-0.25, -0.2) is 19.6 Å². The first-order chi connectivity index (χ1) is 17.1. The molecule has 1 fully saturated rings. The second kappa shape index (κ2) is 7.94. The lowest BCUT2D eigenvalue weighted by Crippen LogP contribution is -2.38. The molecule has 186 valence electrons. The lowest BCUT2D eigenvalue weighted by molar-refractivity contribution is 0.0736. The van der Waals surface area contributed by atoms with Gasteiger partial charge in [0.1, 0.15) is 11.0 Å². The van der Waals surface area contributed by atoms with Crippen molar-refractivity contribution < 1.29 is 5.11 Å².